The molecule has 0 aromatic rings. The van der Waals surface area contributed by atoms with Crippen molar-refractivity contribution in [2.75, 3.05) is 0 Å². The van der Waals surface area contributed by atoms with Crippen molar-refractivity contribution in [3.8, 4) is 0 Å². The molecule has 0 nitrogen and oxygen atoms in total. The predicted molar refractivity (Wildman–Crippen MR) is 43.3 cm³/mol. The number of rotatable bonds is 3. The zero-order chi connectivity index (χ0) is 6.62. The third-order valence-electron chi connectivity index (χ3n) is 1.63. The highest BCUT2D eigenvalue weighted by Gasteiger charge is 2.12. The van der Waals surface area contributed by atoms with Crippen LogP contribution in [0.3, 0.4) is 0 Å². The van der Waals surface area contributed by atoms with Crippen molar-refractivity contribution in [3.05, 3.63) is 0 Å². The molecule has 0 spiro atoms. The Morgan fingerprint density at radius 3 is 2.00 bits per heavy atom. The van der Waals surface area contributed by atoms with Crippen LogP contribution in [-0.4, -0.2) is 5.16 Å². The van der Waals surface area contributed by atoms with Crippen molar-refractivity contribution >= 4 is 9.24 Å². The molecule has 0 aliphatic rings. The van der Waals surface area contributed by atoms with Crippen molar-refractivity contribution in [2.24, 2.45) is 0 Å². The average Bonchev–Trinajstić information content (AvgIpc) is 1.67. The molecule has 0 N–H and O–H groups in total. The highest BCUT2D eigenvalue weighted by atomic mass is 31.0. The van der Waals surface area contributed by atoms with Crippen molar-refractivity contribution < 1.29 is 0 Å². The maximum Gasteiger partial charge on any atom is -0.0181 e. The minimum Gasteiger partial charge on any atom is -0.131 e. The molecule has 0 aliphatic carbocycles. The molecule has 2 unspecified atom stereocenters. The van der Waals surface area contributed by atoms with Gasteiger partial charge in [0.05, 0.1) is 0 Å². The van der Waals surface area contributed by atoms with E-state index in [1.54, 1.807) is 0 Å². The standard InChI is InChI=1S/C7H17P/c1-4-6-7(3,8)5-2/h4-6,8H2,1-3H3. The second kappa shape index (κ2) is 3.45. The first-order valence-electron chi connectivity index (χ1n) is 3.41. The van der Waals surface area contributed by atoms with Crippen LogP contribution >= 0.6 is 9.24 Å². The fourth-order valence-electron chi connectivity index (χ4n) is 0.748. The molecular formula is C7H17P. The van der Waals surface area contributed by atoms with Gasteiger partial charge in [0, 0.05) is 0 Å². The van der Waals surface area contributed by atoms with E-state index >= 15 is 0 Å². The van der Waals surface area contributed by atoms with Gasteiger partial charge in [0.1, 0.15) is 0 Å². The third kappa shape index (κ3) is 3.43. The molecule has 8 heavy (non-hydrogen) atoms. The van der Waals surface area contributed by atoms with E-state index in [-0.39, 0.29) is 0 Å². The fraction of sp³-hybridized carbons (Fsp3) is 1.00. The van der Waals surface area contributed by atoms with Crippen LogP contribution in [-0.2, 0) is 0 Å². The van der Waals surface area contributed by atoms with Gasteiger partial charge < -0.3 is 0 Å². The molecule has 0 saturated carbocycles. The van der Waals surface area contributed by atoms with Crippen LogP contribution in [0.25, 0.3) is 0 Å². The number of hydrogen-bond donors (Lipinski definition) is 0. The lowest BCUT2D eigenvalue weighted by Gasteiger charge is -2.20. The zero-order valence-electron chi connectivity index (χ0n) is 6.20. The molecule has 0 rings (SSSR count). The Bertz CT molecular complexity index is 57.4. The Hall–Kier alpha value is 0.430. The first kappa shape index (κ1) is 8.43. The molecule has 0 aromatic heterocycles. The van der Waals surface area contributed by atoms with E-state index in [9.17, 15) is 0 Å². The van der Waals surface area contributed by atoms with Gasteiger partial charge in [-0.25, -0.2) is 0 Å². The lowest BCUT2D eigenvalue weighted by atomic mass is 10.0. The first-order valence-corrected chi connectivity index (χ1v) is 3.99. The van der Waals surface area contributed by atoms with Gasteiger partial charge >= 0.3 is 0 Å². The van der Waals surface area contributed by atoms with E-state index in [2.05, 4.69) is 30.0 Å². The molecule has 50 valence electrons. The van der Waals surface area contributed by atoms with Gasteiger partial charge in [-0.15, -0.1) is 9.24 Å². The van der Waals surface area contributed by atoms with Crippen LogP contribution in [0.1, 0.15) is 40.0 Å². The molecule has 0 fully saturated rings. The smallest absolute Gasteiger partial charge is 0.0181 e. The summed E-state index contributed by atoms with van der Waals surface area (Å²) in [6, 6.07) is 0. The summed E-state index contributed by atoms with van der Waals surface area (Å²) in [5.41, 5.74) is 0. The fourth-order valence-corrected chi connectivity index (χ4v) is 1.04. The van der Waals surface area contributed by atoms with E-state index in [1.165, 1.54) is 19.3 Å². The van der Waals surface area contributed by atoms with Gasteiger partial charge in [0.2, 0.25) is 0 Å². The molecule has 2 atom stereocenters. The molecule has 0 amide bonds. The summed E-state index contributed by atoms with van der Waals surface area (Å²) in [7, 11) is 2.91. The van der Waals surface area contributed by atoms with Crippen molar-refractivity contribution in [2.45, 2.75) is 45.2 Å². The highest BCUT2D eigenvalue weighted by Crippen LogP contribution is 2.26. The molecule has 0 radical (unpaired) electrons. The minimum absolute atomic E-state index is 0.509. The summed E-state index contributed by atoms with van der Waals surface area (Å²) in [4.78, 5) is 0. The van der Waals surface area contributed by atoms with Gasteiger partial charge in [-0.1, -0.05) is 27.2 Å². The van der Waals surface area contributed by atoms with E-state index in [1.807, 2.05) is 0 Å². The summed E-state index contributed by atoms with van der Waals surface area (Å²) in [5, 5.41) is 0.509. The topological polar surface area (TPSA) is 0 Å². The Labute approximate surface area is 55.3 Å². The molecule has 0 aliphatic heterocycles. The summed E-state index contributed by atoms with van der Waals surface area (Å²) in [5.74, 6) is 0. The van der Waals surface area contributed by atoms with Gasteiger partial charge in [-0.05, 0) is 18.0 Å². The summed E-state index contributed by atoms with van der Waals surface area (Å²) in [6.07, 6.45) is 3.90. The van der Waals surface area contributed by atoms with Crippen LogP contribution in [0, 0.1) is 0 Å². The Morgan fingerprint density at radius 2 is 1.88 bits per heavy atom. The van der Waals surface area contributed by atoms with Crippen molar-refractivity contribution in [1.82, 2.24) is 0 Å². The molecule has 0 saturated heterocycles. The first-order chi connectivity index (χ1) is 3.62. The Kier molecular flexibility index (Phi) is 3.64. The normalized spacial score (nSPS) is 18.0. The predicted octanol–water partition coefficient (Wildman–Crippen LogP) is 2.83. The van der Waals surface area contributed by atoms with Gasteiger partial charge in [-0.3, -0.25) is 0 Å². The Morgan fingerprint density at radius 1 is 1.38 bits per heavy atom. The van der Waals surface area contributed by atoms with Crippen LogP contribution in [0.2, 0.25) is 0 Å². The van der Waals surface area contributed by atoms with Crippen LogP contribution in [0.15, 0.2) is 0 Å². The lowest BCUT2D eigenvalue weighted by molar-refractivity contribution is 0.559. The van der Waals surface area contributed by atoms with Gasteiger partial charge in [0.25, 0.3) is 0 Å². The molecular weight excluding hydrogens is 115 g/mol. The van der Waals surface area contributed by atoms with E-state index in [0.29, 0.717) is 5.16 Å². The summed E-state index contributed by atoms with van der Waals surface area (Å²) < 4.78 is 0. The lowest BCUT2D eigenvalue weighted by Crippen LogP contribution is -2.12. The second-order valence-corrected chi connectivity index (χ2v) is 4.15. The van der Waals surface area contributed by atoms with Crippen molar-refractivity contribution in [3.63, 3.8) is 0 Å². The van der Waals surface area contributed by atoms with Crippen LogP contribution in [0.5, 0.6) is 0 Å². The zero-order valence-corrected chi connectivity index (χ0v) is 7.35. The summed E-state index contributed by atoms with van der Waals surface area (Å²) in [6.45, 7) is 6.77. The maximum absolute atomic E-state index is 2.91. The van der Waals surface area contributed by atoms with E-state index in [4.69, 9.17) is 0 Å². The maximum atomic E-state index is 2.91. The molecule has 0 bridgehead atoms. The monoisotopic (exact) mass is 132 g/mol. The van der Waals surface area contributed by atoms with Gasteiger partial charge in [-0.2, -0.15) is 0 Å². The summed E-state index contributed by atoms with van der Waals surface area (Å²) >= 11 is 0. The quantitative estimate of drug-likeness (QED) is 0.518. The van der Waals surface area contributed by atoms with Crippen LogP contribution in [0.4, 0.5) is 0 Å². The van der Waals surface area contributed by atoms with E-state index < -0.39 is 0 Å². The Balaban J connectivity index is 3.37. The molecule has 0 aromatic carbocycles. The highest BCUT2D eigenvalue weighted by molar-refractivity contribution is 7.18. The number of hydrogen-bond acceptors (Lipinski definition) is 0. The second-order valence-electron chi connectivity index (χ2n) is 2.76. The SMILES string of the molecule is CCCC(C)(P)CC. The minimum atomic E-state index is 0.509. The largest absolute Gasteiger partial charge is 0.131 e. The average molecular weight is 132 g/mol. The molecule has 1 heteroatoms. The third-order valence-corrected chi connectivity index (χ3v) is 2.33. The van der Waals surface area contributed by atoms with Gasteiger partial charge in [0.15, 0.2) is 0 Å². The van der Waals surface area contributed by atoms with Crippen molar-refractivity contribution in [1.29, 1.82) is 0 Å². The van der Waals surface area contributed by atoms with E-state index in [0.717, 1.165) is 0 Å². The molecule has 0 heterocycles. The van der Waals surface area contributed by atoms with Crippen LogP contribution < -0.4 is 0 Å².